The van der Waals surface area contributed by atoms with Gasteiger partial charge in [-0.1, -0.05) is 30.3 Å². The molecule has 0 saturated carbocycles. The topological polar surface area (TPSA) is 23.6 Å². The Hall–Kier alpha value is -1.35. The average molecular weight is 244 g/mol. The molecule has 1 aromatic rings. The first-order chi connectivity index (χ1) is 8.83. The molecule has 0 N–H and O–H groups in total. The second kappa shape index (κ2) is 5.11. The van der Waals surface area contributed by atoms with Crippen LogP contribution in [-0.4, -0.2) is 41.4 Å². The molecule has 2 saturated heterocycles. The summed E-state index contributed by atoms with van der Waals surface area (Å²) in [5, 5.41) is 0. The van der Waals surface area contributed by atoms with Gasteiger partial charge in [0.25, 0.3) is 0 Å². The van der Waals surface area contributed by atoms with Crippen molar-refractivity contribution in [3.63, 3.8) is 0 Å². The Morgan fingerprint density at radius 2 is 2.00 bits per heavy atom. The molecule has 0 aliphatic carbocycles. The highest BCUT2D eigenvalue weighted by atomic mass is 16.2. The van der Waals surface area contributed by atoms with E-state index in [1.807, 2.05) is 0 Å². The largest absolute Gasteiger partial charge is 0.338 e. The van der Waals surface area contributed by atoms with Gasteiger partial charge in [-0.25, -0.2) is 0 Å². The first-order valence-electron chi connectivity index (χ1n) is 6.89. The van der Waals surface area contributed by atoms with Crippen molar-refractivity contribution in [1.82, 2.24) is 9.80 Å². The third kappa shape index (κ3) is 2.41. The number of amides is 1. The number of likely N-dealkylation sites (tertiary alicyclic amines) is 2. The predicted octanol–water partition coefficient (Wildman–Crippen LogP) is 1.88. The van der Waals surface area contributed by atoms with Crippen LogP contribution in [0.15, 0.2) is 30.3 Å². The van der Waals surface area contributed by atoms with Crippen LogP contribution >= 0.6 is 0 Å². The minimum absolute atomic E-state index is 0.363. The van der Waals surface area contributed by atoms with Crippen molar-refractivity contribution in [3.05, 3.63) is 35.9 Å². The van der Waals surface area contributed by atoms with Gasteiger partial charge in [0.2, 0.25) is 5.91 Å². The lowest BCUT2D eigenvalue weighted by atomic mass is 10.2. The van der Waals surface area contributed by atoms with Crippen LogP contribution in [0.4, 0.5) is 0 Å². The van der Waals surface area contributed by atoms with E-state index in [2.05, 4.69) is 40.1 Å². The third-order valence-electron chi connectivity index (χ3n) is 4.05. The fourth-order valence-corrected chi connectivity index (χ4v) is 3.11. The monoisotopic (exact) mass is 244 g/mol. The third-order valence-corrected chi connectivity index (χ3v) is 4.05. The quantitative estimate of drug-likeness (QED) is 0.810. The summed E-state index contributed by atoms with van der Waals surface area (Å²) in [6.07, 6.45) is 2.95. The molecule has 18 heavy (non-hydrogen) atoms. The highest BCUT2D eigenvalue weighted by Crippen LogP contribution is 2.22. The van der Waals surface area contributed by atoms with Crippen LogP contribution in [0.3, 0.4) is 0 Å². The fourth-order valence-electron chi connectivity index (χ4n) is 3.11. The summed E-state index contributed by atoms with van der Waals surface area (Å²) in [6, 6.07) is 11.0. The van der Waals surface area contributed by atoms with Gasteiger partial charge in [0, 0.05) is 38.6 Å². The number of hydrogen-bond acceptors (Lipinski definition) is 2. The van der Waals surface area contributed by atoms with Crippen LogP contribution in [-0.2, 0) is 11.3 Å². The number of carbonyl (C=O) groups is 1. The van der Waals surface area contributed by atoms with Gasteiger partial charge < -0.3 is 4.90 Å². The average Bonchev–Trinajstić information content (AvgIpc) is 2.99. The molecule has 0 spiro atoms. The van der Waals surface area contributed by atoms with E-state index < -0.39 is 0 Å². The first kappa shape index (κ1) is 11.7. The number of hydrogen-bond donors (Lipinski definition) is 0. The fraction of sp³-hybridized carbons (Fsp3) is 0.533. The van der Waals surface area contributed by atoms with Gasteiger partial charge in [-0.15, -0.1) is 0 Å². The van der Waals surface area contributed by atoms with Crippen LogP contribution < -0.4 is 0 Å². The lowest BCUT2D eigenvalue weighted by Crippen LogP contribution is -2.38. The Bertz CT molecular complexity index is 418. The molecule has 96 valence electrons. The van der Waals surface area contributed by atoms with E-state index in [9.17, 15) is 4.79 Å². The number of nitrogens with zero attached hydrogens (tertiary/aromatic N) is 2. The van der Waals surface area contributed by atoms with Crippen molar-refractivity contribution < 1.29 is 4.79 Å². The summed E-state index contributed by atoms with van der Waals surface area (Å²) in [4.78, 5) is 16.3. The van der Waals surface area contributed by atoms with Crippen LogP contribution in [0, 0.1) is 0 Å². The maximum Gasteiger partial charge on any atom is 0.222 e. The van der Waals surface area contributed by atoms with E-state index >= 15 is 0 Å². The molecule has 0 bridgehead atoms. The summed E-state index contributed by atoms with van der Waals surface area (Å²) in [5.41, 5.74) is 1.37. The molecule has 2 aliphatic heterocycles. The van der Waals surface area contributed by atoms with E-state index in [1.165, 1.54) is 5.56 Å². The van der Waals surface area contributed by atoms with Gasteiger partial charge in [0.05, 0.1) is 0 Å². The van der Waals surface area contributed by atoms with Crippen LogP contribution in [0.25, 0.3) is 0 Å². The van der Waals surface area contributed by atoms with Crippen molar-refractivity contribution in [3.8, 4) is 0 Å². The molecule has 0 aromatic heterocycles. The maximum absolute atomic E-state index is 11.7. The highest BCUT2D eigenvalue weighted by molar-refractivity contribution is 5.78. The molecular weight excluding hydrogens is 224 g/mol. The van der Waals surface area contributed by atoms with Crippen molar-refractivity contribution in [2.24, 2.45) is 0 Å². The van der Waals surface area contributed by atoms with Crippen molar-refractivity contribution in [2.75, 3.05) is 19.6 Å². The molecule has 2 heterocycles. The second-order valence-corrected chi connectivity index (χ2v) is 5.35. The summed E-state index contributed by atoms with van der Waals surface area (Å²) < 4.78 is 0. The lowest BCUT2D eigenvalue weighted by molar-refractivity contribution is -0.129. The second-order valence-electron chi connectivity index (χ2n) is 5.35. The van der Waals surface area contributed by atoms with Crippen LogP contribution in [0.2, 0.25) is 0 Å². The van der Waals surface area contributed by atoms with Gasteiger partial charge in [-0.3, -0.25) is 9.69 Å². The molecule has 3 heteroatoms. The summed E-state index contributed by atoms with van der Waals surface area (Å²) in [5.74, 6) is 0.363. The minimum Gasteiger partial charge on any atom is -0.338 e. The van der Waals surface area contributed by atoms with E-state index in [0.717, 1.165) is 45.4 Å². The zero-order chi connectivity index (χ0) is 12.4. The smallest absolute Gasteiger partial charge is 0.222 e. The minimum atomic E-state index is 0.363. The zero-order valence-corrected chi connectivity index (χ0v) is 10.7. The maximum atomic E-state index is 11.7. The molecule has 2 aliphatic rings. The van der Waals surface area contributed by atoms with Crippen molar-refractivity contribution >= 4 is 5.91 Å². The molecular formula is C15H20N2O. The Labute approximate surface area is 108 Å². The summed E-state index contributed by atoms with van der Waals surface area (Å²) in [6.45, 7) is 4.14. The Balaban J connectivity index is 1.57. The van der Waals surface area contributed by atoms with E-state index in [4.69, 9.17) is 0 Å². The number of rotatable bonds is 3. The highest BCUT2D eigenvalue weighted by Gasteiger charge is 2.32. The van der Waals surface area contributed by atoms with Gasteiger partial charge in [-0.05, 0) is 18.4 Å². The molecule has 1 atom stereocenters. The molecule has 2 fully saturated rings. The lowest BCUT2D eigenvalue weighted by Gasteiger charge is -2.24. The molecule has 3 rings (SSSR count). The molecule has 0 radical (unpaired) electrons. The van der Waals surface area contributed by atoms with Gasteiger partial charge >= 0.3 is 0 Å². The number of carbonyl (C=O) groups excluding carboxylic acids is 1. The number of benzene rings is 1. The SMILES string of the molecule is O=C1CCCN1C1CCN(Cc2ccccc2)C1. The van der Waals surface area contributed by atoms with Gasteiger partial charge in [0.1, 0.15) is 0 Å². The molecule has 1 amide bonds. The molecule has 1 aromatic carbocycles. The van der Waals surface area contributed by atoms with E-state index in [0.29, 0.717) is 11.9 Å². The standard InChI is InChI=1S/C15H20N2O/c18-15-7-4-9-17(15)14-8-10-16(12-14)11-13-5-2-1-3-6-13/h1-3,5-6,14H,4,7-12H2. The Morgan fingerprint density at radius 1 is 1.17 bits per heavy atom. The molecule has 3 nitrogen and oxygen atoms in total. The Morgan fingerprint density at radius 3 is 2.72 bits per heavy atom. The predicted molar refractivity (Wildman–Crippen MR) is 71.1 cm³/mol. The van der Waals surface area contributed by atoms with Crippen LogP contribution in [0.1, 0.15) is 24.8 Å². The molecule has 1 unspecified atom stereocenters. The van der Waals surface area contributed by atoms with Crippen molar-refractivity contribution in [1.29, 1.82) is 0 Å². The van der Waals surface area contributed by atoms with Crippen LogP contribution in [0.5, 0.6) is 0 Å². The van der Waals surface area contributed by atoms with E-state index in [-0.39, 0.29) is 0 Å². The first-order valence-corrected chi connectivity index (χ1v) is 6.89. The normalized spacial score (nSPS) is 25.0. The van der Waals surface area contributed by atoms with Gasteiger partial charge in [0.15, 0.2) is 0 Å². The summed E-state index contributed by atoms with van der Waals surface area (Å²) >= 11 is 0. The van der Waals surface area contributed by atoms with Crippen molar-refractivity contribution in [2.45, 2.75) is 31.8 Å². The van der Waals surface area contributed by atoms with E-state index in [1.54, 1.807) is 0 Å². The Kier molecular flexibility index (Phi) is 3.33. The summed E-state index contributed by atoms with van der Waals surface area (Å²) in [7, 11) is 0. The van der Waals surface area contributed by atoms with Gasteiger partial charge in [-0.2, -0.15) is 0 Å². The zero-order valence-electron chi connectivity index (χ0n) is 10.7.